The maximum absolute atomic E-state index is 12.0. The highest BCUT2D eigenvalue weighted by molar-refractivity contribution is 5.89. The molecule has 2 N–H and O–H groups in total. The zero-order valence-corrected chi connectivity index (χ0v) is 12.5. The number of hydrogen-bond acceptors (Lipinski definition) is 4. The largest absolute Gasteiger partial charge is 0.331 e. The van der Waals surface area contributed by atoms with Gasteiger partial charge in [-0.3, -0.25) is 4.98 Å². The Morgan fingerprint density at radius 2 is 1.83 bits per heavy atom. The summed E-state index contributed by atoms with van der Waals surface area (Å²) in [5.74, 6) is 0. The molecule has 0 aliphatic rings. The van der Waals surface area contributed by atoms with Crippen LogP contribution in [-0.4, -0.2) is 25.8 Å². The number of rotatable bonds is 4. The Hall–Kier alpha value is -3.22. The first kappa shape index (κ1) is 14.7. The van der Waals surface area contributed by atoms with Crippen molar-refractivity contribution in [2.75, 3.05) is 5.32 Å². The molecule has 0 aliphatic heterocycles. The second-order valence-electron chi connectivity index (χ2n) is 4.99. The Balaban J connectivity index is 1.61. The number of carbonyl (C=O) groups is 1. The number of aromatic nitrogens is 4. The Labute approximate surface area is 133 Å². The standard InChI is InChI=1S/C16H16N6O/c1-12(20-16(23)21-14-6-8-17-9-7-14)13-2-4-15(5-3-13)22-11-18-10-19-22/h2-12H,1H3,(H2,17,20,21,23). The monoisotopic (exact) mass is 308 g/mol. The molecule has 2 aromatic heterocycles. The lowest BCUT2D eigenvalue weighted by Crippen LogP contribution is -2.31. The first-order valence-electron chi connectivity index (χ1n) is 7.15. The first-order chi connectivity index (χ1) is 11.2. The molecule has 7 heteroatoms. The van der Waals surface area contributed by atoms with Gasteiger partial charge in [-0.25, -0.2) is 14.5 Å². The van der Waals surface area contributed by atoms with Crippen LogP contribution in [0.3, 0.4) is 0 Å². The van der Waals surface area contributed by atoms with Crippen molar-refractivity contribution in [2.24, 2.45) is 0 Å². The van der Waals surface area contributed by atoms with Crippen molar-refractivity contribution in [2.45, 2.75) is 13.0 Å². The van der Waals surface area contributed by atoms with Gasteiger partial charge in [0.2, 0.25) is 0 Å². The van der Waals surface area contributed by atoms with E-state index in [2.05, 4.69) is 25.7 Å². The van der Waals surface area contributed by atoms with Crippen molar-refractivity contribution in [1.82, 2.24) is 25.1 Å². The lowest BCUT2D eigenvalue weighted by Gasteiger charge is -2.15. The molecule has 0 fully saturated rings. The number of hydrogen-bond donors (Lipinski definition) is 2. The number of carbonyl (C=O) groups excluding carboxylic acids is 1. The summed E-state index contributed by atoms with van der Waals surface area (Å²) >= 11 is 0. The van der Waals surface area contributed by atoms with Crippen LogP contribution in [0, 0.1) is 0 Å². The van der Waals surface area contributed by atoms with Gasteiger partial charge in [0, 0.05) is 18.1 Å². The van der Waals surface area contributed by atoms with Gasteiger partial charge < -0.3 is 10.6 Å². The summed E-state index contributed by atoms with van der Waals surface area (Å²) in [4.78, 5) is 19.8. The summed E-state index contributed by atoms with van der Waals surface area (Å²) in [5, 5.41) is 9.73. The maximum Gasteiger partial charge on any atom is 0.319 e. The van der Waals surface area contributed by atoms with E-state index in [1.807, 2.05) is 31.2 Å². The number of urea groups is 1. The third kappa shape index (κ3) is 3.70. The molecule has 3 rings (SSSR count). The number of nitrogens with zero attached hydrogens (tertiary/aromatic N) is 4. The fourth-order valence-electron chi connectivity index (χ4n) is 2.14. The van der Waals surface area contributed by atoms with Crippen LogP contribution in [0.5, 0.6) is 0 Å². The third-order valence-corrected chi connectivity index (χ3v) is 3.36. The van der Waals surface area contributed by atoms with Crippen molar-refractivity contribution in [3.63, 3.8) is 0 Å². The molecule has 1 atom stereocenters. The molecule has 1 aromatic carbocycles. The zero-order valence-electron chi connectivity index (χ0n) is 12.5. The van der Waals surface area contributed by atoms with E-state index in [0.29, 0.717) is 5.69 Å². The molecule has 0 saturated heterocycles. The van der Waals surface area contributed by atoms with Crippen LogP contribution < -0.4 is 10.6 Å². The molecule has 2 heterocycles. The number of anilines is 1. The van der Waals surface area contributed by atoms with Crippen LogP contribution in [0.25, 0.3) is 5.69 Å². The molecule has 2 amide bonds. The Bertz CT molecular complexity index is 755. The van der Waals surface area contributed by atoms with Crippen LogP contribution in [0.2, 0.25) is 0 Å². The summed E-state index contributed by atoms with van der Waals surface area (Å²) in [6, 6.07) is 10.9. The van der Waals surface area contributed by atoms with E-state index < -0.39 is 0 Å². The molecule has 23 heavy (non-hydrogen) atoms. The number of pyridine rings is 1. The highest BCUT2D eigenvalue weighted by Gasteiger charge is 2.10. The minimum Gasteiger partial charge on any atom is -0.331 e. The van der Waals surface area contributed by atoms with E-state index >= 15 is 0 Å². The topological polar surface area (TPSA) is 84.7 Å². The van der Waals surface area contributed by atoms with Gasteiger partial charge in [0.15, 0.2) is 0 Å². The lowest BCUT2D eigenvalue weighted by molar-refractivity contribution is 0.249. The van der Waals surface area contributed by atoms with Crippen molar-refractivity contribution < 1.29 is 4.79 Å². The van der Waals surface area contributed by atoms with Gasteiger partial charge in [-0.1, -0.05) is 12.1 Å². The Morgan fingerprint density at radius 1 is 1.09 bits per heavy atom. The maximum atomic E-state index is 12.0. The van der Waals surface area contributed by atoms with Crippen molar-refractivity contribution >= 4 is 11.7 Å². The zero-order chi connectivity index (χ0) is 16.1. The van der Waals surface area contributed by atoms with Gasteiger partial charge in [0.25, 0.3) is 0 Å². The van der Waals surface area contributed by atoms with E-state index in [4.69, 9.17) is 0 Å². The third-order valence-electron chi connectivity index (χ3n) is 3.36. The average Bonchev–Trinajstić information content (AvgIpc) is 3.10. The van der Waals surface area contributed by atoms with Crippen LogP contribution >= 0.6 is 0 Å². The second-order valence-corrected chi connectivity index (χ2v) is 4.99. The van der Waals surface area contributed by atoms with Crippen molar-refractivity contribution in [3.05, 3.63) is 67.0 Å². The molecular formula is C16H16N6O. The first-order valence-corrected chi connectivity index (χ1v) is 7.15. The summed E-state index contributed by atoms with van der Waals surface area (Å²) in [6.07, 6.45) is 6.38. The van der Waals surface area contributed by atoms with E-state index in [1.165, 1.54) is 6.33 Å². The minimum atomic E-state index is -0.260. The van der Waals surface area contributed by atoms with E-state index in [9.17, 15) is 4.79 Å². The predicted molar refractivity (Wildman–Crippen MR) is 86.2 cm³/mol. The number of benzene rings is 1. The highest BCUT2D eigenvalue weighted by Crippen LogP contribution is 2.15. The summed E-state index contributed by atoms with van der Waals surface area (Å²) in [6.45, 7) is 1.93. The molecule has 0 aliphatic carbocycles. The van der Waals surface area contributed by atoms with Gasteiger partial charge in [-0.15, -0.1) is 0 Å². The smallest absolute Gasteiger partial charge is 0.319 e. The molecular weight excluding hydrogens is 292 g/mol. The fourth-order valence-corrected chi connectivity index (χ4v) is 2.14. The lowest BCUT2D eigenvalue weighted by atomic mass is 10.1. The molecule has 116 valence electrons. The highest BCUT2D eigenvalue weighted by atomic mass is 16.2. The quantitative estimate of drug-likeness (QED) is 0.775. The van der Waals surface area contributed by atoms with Crippen LogP contribution in [-0.2, 0) is 0 Å². The SMILES string of the molecule is CC(NC(=O)Nc1ccncc1)c1ccc(-n2cncn2)cc1. The van der Waals surface area contributed by atoms with Crippen LogP contribution in [0.1, 0.15) is 18.5 Å². The fraction of sp³-hybridized carbons (Fsp3) is 0.125. The van der Waals surface area contributed by atoms with Gasteiger partial charge in [0.05, 0.1) is 11.7 Å². The molecule has 0 saturated carbocycles. The average molecular weight is 308 g/mol. The van der Waals surface area contributed by atoms with Crippen molar-refractivity contribution in [3.8, 4) is 5.69 Å². The summed E-state index contributed by atoms with van der Waals surface area (Å²) in [7, 11) is 0. The molecule has 0 spiro atoms. The van der Waals surface area contributed by atoms with Crippen LogP contribution in [0.4, 0.5) is 10.5 Å². The van der Waals surface area contributed by atoms with Crippen LogP contribution in [0.15, 0.2) is 61.4 Å². The number of amides is 2. The van der Waals surface area contributed by atoms with E-state index in [1.54, 1.807) is 35.5 Å². The van der Waals surface area contributed by atoms with Gasteiger partial charge in [0.1, 0.15) is 12.7 Å². The van der Waals surface area contributed by atoms with Gasteiger partial charge >= 0.3 is 6.03 Å². The van der Waals surface area contributed by atoms with E-state index in [0.717, 1.165) is 11.3 Å². The van der Waals surface area contributed by atoms with Crippen molar-refractivity contribution in [1.29, 1.82) is 0 Å². The van der Waals surface area contributed by atoms with E-state index in [-0.39, 0.29) is 12.1 Å². The van der Waals surface area contributed by atoms with Gasteiger partial charge in [-0.2, -0.15) is 5.10 Å². The second kappa shape index (κ2) is 6.69. The molecule has 0 bridgehead atoms. The normalized spacial score (nSPS) is 11.7. The molecule has 7 nitrogen and oxygen atoms in total. The predicted octanol–water partition coefficient (Wildman–Crippen LogP) is 2.55. The number of nitrogens with one attached hydrogen (secondary N) is 2. The summed E-state index contributed by atoms with van der Waals surface area (Å²) in [5.41, 5.74) is 2.62. The molecule has 1 unspecified atom stereocenters. The Morgan fingerprint density at radius 3 is 2.48 bits per heavy atom. The Kier molecular flexibility index (Phi) is 4.28. The van der Waals surface area contributed by atoms with Gasteiger partial charge in [-0.05, 0) is 36.8 Å². The molecule has 3 aromatic rings. The summed E-state index contributed by atoms with van der Waals surface area (Å²) < 4.78 is 1.68. The minimum absolute atomic E-state index is 0.123. The molecule has 0 radical (unpaired) electrons.